The first-order valence-electron chi connectivity index (χ1n) is 6.99. The summed E-state index contributed by atoms with van der Waals surface area (Å²) in [5.74, 6) is 0.641. The Morgan fingerprint density at radius 1 is 1.33 bits per heavy atom. The SMILES string of the molecule is CN(C)[C@@H](CNc1ccc(C(F)(F)F)cc1[N+](=O)[O-])c1ccco1. The second kappa shape index (κ2) is 6.91. The number of nitro benzene ring substituents is 1. The van der Waals surface area contributed by atoms with Gasteiger partial charge in [-0.2, -0.15) is 13.2 Å². The fourth-order valence-corrected chi connectivity index (χ4v) is 2.23. The molecule has 0 fully saturated rings. The van der Waals surface area contributed by atoms with E-state index in [2.05, 4.69) is 5.32 Å². The van der Waals surface area contributed by atoms with Crippen LogP contribution in [0.3, 0.4) is 0 Å². The third-order valence-corrected chi connectivity index (χ3v) is 3.50. The van der Waals surface area contributed by atoms with Crippen LogP contribution in [0.15, 0.2) is 41.0 Å². The molecule has 0 spiro atoms. The van der Waals surface area contributed by atoms with Gasteiger partial charge in [-0.05, 0) is 38.4 Å². The van der Waals surface area contributed by atoms with E-state index < -0.39 is 22.4 Å². The summed E-state index contributed by atoms with van der Waals surface area (Å²) in [6.07, 6.45) is -3.13. The van der Waals surface area contributed by atoms with Gasteiger partial charge in [-0.15, -0.1) is 0 Å². The predicted octanol–water partition coefficient (Wildman–Crippen LogP) is 3.92. The summed E-state index contributed by atoms with van der Waals surface area (Å²) in [6, 6.07) is 5.64. The molecular weight excluding hydrogens is 327 g/mol. The molecule has 1 atom stereocenters. The molecular formula is C15H16F3N3O3. The van der Waals surface area contributed by atoms with Crippen LogP contribution < -0.4 is 5.32 Å². The summed E-state index contributed by atoms with van der Waals surface area (Å²) in [4.78, 5) is 12.1. The number of likely N-dealkylation sites (N-methyl/N-ethyl adjacent to an activating group) is 1. The topological polar surface area (TPSA) is 71.5 Å². The number of furan rings is 1. The van der Waals surface area contributed by atoms with Gasteiger partial charge in [0.25, 0.3) is 5.69 Å². The Balaban J connectivity index is 2.24. The molecule has 0 aliphatic carbocycles. The first-order chi connectivity index (χ1) is 11.2. The number of hydrogen-bond donors (Lipinski definition) is 1. The number of nitrogens with one attached hydrogen (secondary N) is 1. The highest BCUT2D eigenvalue weighted by Gasteiger charge is 2.33. The Morgan fingerprint density at radius 3 is 2.54 bits per heavy atom. The van der Waals surface area contributed by atoms with E-state index in [1.807, 2.05) is 4.90 Å². The number of anilines is 1. The Labute approximate surface area is 136 Å². The van der Waals surface area contributed by atoms with Gasteiger partial charge in [-0.25, -0.2) is 0 Å². The summed E-state index contributed by atoms with van der Waals surface area (Å²) in [7, 11) is 3.60. The molecule has 0 saturated heterocycles. The summed E-state index contributed by atoms with van der Waals surface area (Å²) in [5.41, 5.74) is -1.66. The van der Waals surface area contributed by atoms with Crippen molar-refractivity contribution in [3.8, 4) is 0 Å². The van der Waals surface area contributed by atoms with Gasteiger partial charge in [-0.3, -0.25) is 15.0 Å². The normalized spacial score (nSPS) is 13.1. The number of alkyl halides is 3. The van der Waals surface area contributed by atoms with Gasteiger partial charge in [0.1, 0.15) is 11.4 Å². The summed E-state index contributed by atoms with van der Waals surface area (Å²) in [6.45, 7) is 0.229. The fraction of sp³-hybridized carbons (Fsp3) is 0.333. The number of nitro groups is 1. The zero-order valence-electron chi connectivity index (χ0n) is 13.0. The molecule has 24 heavy (non-hydrogen) atoms. The van der Waals surface area contributed by atoms with Crippen molar-refractivity contribution >= 4 is 11.4 Å². The van der Waals surface area contributed by atoms with Crippen LogP contribution in [0.2, 0.25) is 0 Å². The van der Waals surface area contributed by atoms with Crippen molar-refractivity contribution in [1.82, 2.24) is 4.90 Å². The lowest BCUT2D eigenvalue weighted by Crippen LogP contribution is -2.26. The maximum Gasteiger partial charge on any atom is 0.416 e. The van der Waals surface area contributed by atoms with Crippen LogP contribution in [0.5, 0.6) is 0 Å². The molecule has 1 heterocycles. The van der Waals surface area contributed by atoms with Gasteiger partial charge >= 0.3 is 6.18 Å². The third-order valence-electron chi connectivity index (χ3n) is 3.50. The Hall–Kier alpha value is -2.55. The van der Waals surface area contributed by atoms with E-state index in [1.165, 1.54) is 6.26 Å². The fourth-order valence-electron chi connectivity index (χ4n) is 2.23. The van der Waals surface area contributed by atoms with Gasteiger partial charge < -0.3 is 9.73 Å². The van der Waals surface area contributed by atoms with Crippen molar-refractivity contribution in [2.45, 2.75) is 12.2 Å². The Bertz CT molecular complexity index is 700. The number of hydrogen-bond acceptors (Lipinski definition) is 5. The van der Waals surface area contributed by atoms with Gasteiger partial charge in [0, 0.05) is 12.6 Å². The van der Waals surface area contributed by atoms with Gasteiger partial charge in [-0.1, -0.05) is 0 Å². The summed E-state index contributed by atoms with van der Waals surface area (Å²) >= 11 is 0. The van der Waals surface area contributed by atoms with E-state index in [9.17, 15) is 23.3 Å². The monoisotopic (exact) mass is 343 g/mol. The van der Waals surface area contributed by atoms with E-state index in [4.69, 9.17) is 4.42 Å². The van der Waals surface area contributed by atoms with Gasteiger partial charge in [0.15, 0.2) is 0 Å². The molecule has 2 aromatic rings. The Kier molecular flexibility index (Phi) is 5.13. The van der Waals surface area contributed by atoms with E-state index in [0.717, 1.165) is 12.1 Å². The maximum atomic E-state index is 12.7. The predicted molar refractivity (Wildman–Crippen MR) is 81.7 cm³/mol. The zero-order chi connectivity index (χ0) is 17.9. The molecule has 2 rings (SSSR count). The molecule has 1 N–H and O–H groups in total. The van der Waals surface area contributed by atoms with E-state index >= 15 is 0 Å². The van der Waals surface area contributed by atoms with E-state index in [1.54, 1.807) is 26.2 Å². The van der Waals surface area contributed by atoms with E-state index in [-0.39, 0.29) is 18.3 Å². The van der Waals surface area contributed by atoms with E-state index in [0.29, 0.717) is 11.8 Å². The first kappa shape index (κ1) is 17.8. The lowest BCUT2D eigenvalue weighted by molar-refractivity contribution is -0.384. The molecule has 1 aromatic carbocycles. The molecule has 0 amide bonds. The van der Waals surface area contributed by atoms with Crippen LogP contribution >= 0.6 is 0 Å². The van der Waals surface area contributed by atoms with Crippen molar-refractivity contribution in [1.29, 1.82) is 0 Å². The minimum Gasteiger partial charge on any atom is -0.468 e. The largest absolute Gasteiger partial charge is 0.468 e. The number of halogens is 3. The quantitative estimate of drug-likeness (QED) is 0.636. The summed E-state index contributed by atoms with van der Waals surface area (Å²) in [5, 5.41) is 13.9. The lowest BCUT2D eigenvalue weighted by atomic mass is 10.1. The standard InChI is InChI=1S/C15H16F3N3O3/c1-20(2)13(14-4-3-7-24-14)9-19-11-6-5-10(15(16,17)18)8-12(11)21(22)23/h3-8,13,19H,9H2,1-2H3/t13-/m0/s1. The summed E-state index contributed by atoms with van der Waals surface area (Å²) < 4.78 is 43.4. The number of benzene rings is 1. The van der Waals surface area contributed by atoms with Crippen molar-refractivity contribution in [3.05, 3.63) is 58.0 Å². The molecule has 0 unspecified atom stereocenters. The average Bonchev–Trinajstić information content (AvgIpc) is 3.00. The van der Waals surface area contributed by atoms with Gasteiger partial charge in [0.05, 0.1) is 22.8 Å². The second-order valence-corrected chi connectivity index (χ2v) is 5.36. The minimum absolute atomic E-state index is 0.0198. The average molecular weight is 343 g/mol. The van der Waals surface area contributed by atoms with Crippen molar-refractivity contribution in [3.63, 3.8) is 0 Å². The molecule has 6 nitrogen and oxygen atoms in total. The van der Waals surface area contributed by atoms with Crippen molar-refractivity contribution in [2.24, 2.45) is 0 Å². The smallest absolute Gasteiger partial charge is 0.416 e. The molecule has 130 valence electrons. The molecule has 1 aromatic heterocycles. The highest BCUT2D eigenvalue weighted by atomic mass is 19.4. The minimum atomic E-state index is -4.64. The van der Waals surface area contributed by atoms with Gasteiger partial charge in [0.2, 0.25) is 0 Å². The lowest BCUT2D eigenvalue weighted by Gasteiger charge is -2.23. The molecule has 0 aliphatic heterocycles. The molecule has 0 radical (unpaired) electrons. The van der Waals surface area contributed by atoms with Crippen LogP contribution in [0.25, 0.3) is 0 Å². The first-order valence-corrected chi connectivity index (χ1v) is 6.99. The van der Waals surface area contributed by atoms with Crippen LogP contribution in [-0.2, 0) is 6.18 Å². The molecule has 0 aliphatic rings. The molecule has 0 saturated carbocycles. The molecule has 9 heteroatoms. The van der Waals surface area contributed by atoms with Crippen LogP contribution in [0.4, 0.5) is 24.5 Å². The third kappa shape index (κ3) is 4.05. The second-order valence-electron chi connectivity index (χ2n) is 5.36. The molecule has 0 bridgehead atoms. The Morgan fingerprint density at radius 2 is 2.04 bits per heavy atom. The number of nitrogens with zero attached hydrogens (tertiary/aromatic N) is 2. The highest BCUT2D eigenvalue weighted by molar-refractivity contribution is 5.63. The highest BCUT2D eigenvalue weighted by Crippen LogP contribution is 2.35. The van der Waals surface area contributed by atoms with Crippen molar-refractivity contribution in [2.75, 3.05) is 26.0 Å². The van der Waals surface area contributed by atoms with Crippen molar-refractivity contribution < 1.29 is 22.5 Å². The van der Waals surface area contributed by atoms with Crippen LogP contribution in [0.1, 0.15) is 17.4 Å². The maximum absolute atomic E-state index is 12.7. The number of rotatable bonds is 6. The van der Waals surface area contributed by atoms with Crippen LogP contribution in [-0.4, -0.2) is 30.5 Å². The van der Waals surface area contributed by atoms with Crippen LogP contribution in [0, 0.1) is 10.1 Å². The zero-order valence-corrected chi connectivity index (χ0v) is 13.0.